The van der Waals surface area contributed by atoms with Crippen molar-refractivity contribution in [1.82, 2.24) is 0 Å². The molecule has 0 aromatic carbocycles. The van der Waals surface area contributed by atoms with E-state index in [9.17, 15) is 4.79 Å². The molecule has 9 heavy (non-hydrogen) atoms. The van der Waals surface area contributed by atoms with Gasteiger partial charge >= 0.3 is 0 Å². The largest absolute Gasteiger partial charge is 0.401 e. The Morgan fingerprint density at radius 1 is 1.56 bits per heavy atom. The number of carbonyl (C=O) groups excluding carboxylic acids is 1. The monoisotopic (exact) mass is 124 g/mol. The van der Waals surface area contributed by atoms with Gasteiger partial charge in [-0.15, -0.1) is 0 Å². The van der Waals surface area contributed by atoms with Gasteiger partial charge in [0.25, 0.3) is 0 Å². The fourth-order valence-corrected chi connectivity index (χ4v) is 0.445. The summed E-state index contributed by atoms with van der Waals surface area (Å²) in [7, 11) is 0. The van der Waals surface area contributed by atoms with Gasteiger partial charge < -0.3 is 5.73 Å². The van der Waals surface area contributed by atoms with E-state index in [0.717, 1.165) is 0 Å². The summed E-state index contributed by atoms with van der Waals surface area (Å²) in [5.74, 6) is -0.280. The van der Waals surface area contributed by atoms with E-state index in [1.165, 1.54) is 13.8 Å². The predicted octanol–water partition coefficient (Wildman–Crippen LogP) is 0.332. The molecule has 0 atom stereocenters. The molecule has 0 aliphatic heterocycles. The maximum atomic E-state index is 10.5. The maximum absolute atomic E-state index is 10.5. The number of hydrogen-bond donors (Lipinski definition) is 1. The SMILES string of the molecule is CC(=O)C(C#N)=C(C)N. The van der Waals surface area contributed by atoms with Crippen molar-refractivity contribution in [2.75, 3.05) is 0 Å². The van der Waals surface area contributed by atoms with Crippen molar-refractivity contribution in [1.29, 1.82) is 5.26 Å². The van der Waals surface area contributed by atoms with Gasteiger partial charge in [-0.05, 0) is 13.8 Å². The summed E-state index contributed by atoms with van der Waals surface area (Å²) in [5, 5.41) is 8.26. The Balaban J connectivity index is 4.62. The molecule has 0 fully saturated rings. The number of carbonyl (C=O) groups is 1. The lowest BCUT2D eigenvalue weighted by molar-refractivity contribution is -0.113. The Morgan fingerprint density at radius 3 is 2.00 bits per heavy atom. The summed E-state index contributed by atoms with van der Waals surface area (Å²) in [6.07, 6.45) is 0. The van der Waals surface area contributed by atoms with Crippen molar-refractivity contribution in [2.45, 2.75) is 13.8 Å². The molecule has 0 rings (SSSR count). The minimum Gasteiger partial charge on any atom is -0.401 e. The molecule has 0 spiro atoms. The van der Waals surface area contributed by atoms with Gasteiger partial charge in [0.1, 0.15) is 11.6 Å². The quantitative estimate of drug-likeness (QED) is 0.404. The summed E-state index contributed by atoms with van der Waals surface area (Å²) in [6, 6.07) is 1.71. The topological polar surface area (TPSA) is 66.9 Å². The van der Waals surface area contributed by atoms with Crippen LogP contribution in [0.3, 0.4) is 0 Å². The average molecular weight is 124 g/mol. The highest BCUT2D eigenvalue weighted by atomic mass is 16.1. The standard InChI is InChI=1S/C6H8N2O/c1-4(8)6(3-7)5(2)9/h8H2,1-2H3. The molecule has 0 aromatic heterocycles. The number of rotatable bonds is 1. The van der Waals surface area contributed by atoms with Crippen LogP contribution in [0.2, 0.25) is 0 Å². The molecule has 2 N–H and O–H groups in total. The number of ketones is 1. The van der Waals surface area contributed by atoms with Crippen molar-refractivity contribution in [3.8, 4) is 6.07 Å². The van der Waals surface area contributed by atoms with Crippen LogP contribution >= 0.6 is 0 Å². The van der Waals surface area contributed by atoms with Gasteiger partial charge in [0, 0.05) is 5.70 Å². The van der Waals surface area contributed by atoms with Crippen LogP contribution in [0.4, 0.5) is 0 Å². The zero-order valence-electron chi connectivity index (χ0n) is 5.43. The van der Waals surface area contributed by atoms with E-state index in [-0.39, 0.29) is 17.1 Å². The summed E-state index contributed by atoms with van der Waals surface area (Å²) in [6.45, 7) is 2.84. The van der Waals surface area contributed by atoms with Crippen molar-refractivity contribution in [3.63, 3.8) is 0 Å². The van der Waals surface area contributed by atoms with E-state index in [2.05, 4.69) is 0 Å². The molecule has 0 bridgehead atoms. The van der Waals surface area contributed by atoms with Crippen LogP contribution in [0.1, 0.15) is 13.8 Å². The minimum atomic E-state index is -0.280. The molecule has 0 aromatic rings. The molecule has 0 saturated carbocycles. The molecule has 48 valence electrons. The molecule has 3 heteroatoms. The fraction of sp³-hybridized carbons (Fsp3) is 0.333. The first-order chi connectivity index (χ1) is 4.09. The van der Waals surface area contributed by atoms with Crippen molar-refractivity contribution in [3.05, 3.63) is 11.3 Å². The molecule has 3 nitrogen and oxygen atoms in total. The zero-order chi connectivity index (χ0) is 7.44. The summed E-state index contributed by atoms with van der Waals surface area (Å²) < 4.78 is 0. The van der Waals surface area contributed by atoms with Crippen molar-refractivity contribution in [2.24, 2.45) is 5.73 Å². The Bertz CT molecular complexity index is 194. The molecular formula is C6H8N2O. The number of nitriles is 1. The second-order valence-electron chi connectivity index (χ2n) is 1.73. The highest BCUT2D eigenvalue weighted by Gasteiger charge is 2.02. The van der Waals surface area contributed by atoms with Crippen LogP contribution < -0.4 is 5.73 Å². The molecule has 0 saturated heterocycles. The van der Waals surface area contributed by atoms with Gasteiger partial charge in [-0.1, -0.05) is 0 Å². The molecule has 0 radical (unpaired) electrons. The van der Waals surface area contributed by atoms with E-state index >= 15 is 0 Å². The summed E-state index contributed by atoms with van der Waals surface area (Å²) >= 11 is 0. The van der Waals surface area contributed by atoms with Gasteiger partial charge in [0.15, 0.2) is 5.78 Å². The number of nitrogens with zero attached hydrogens (tertiary/aromatic N) is 1. The van der Waals surface area contributed by atoms with Crippen LogP contribution in [0.25, 0.3) is 0 Å². The molecule has 0 amide bonds. The maximum Gasteiger partial charge on any atom is 0.172 e. The highest BCUT2D eigenvalue weighted by molar-refractivity contribution is 5.97. The predicted molar refractivity (Wildman–Crippen MR) is 33.2 cm³/mol. The Kier molecular flexibility index (Phi) is 2.46. The smallest absolute Gasteiger partial charge is 0.172 e. The lowest BCUT2D eigenvalue weighted by Crippen LogP contribution is -2.03. The number of Topliss-reactive ketones (excluding diaryl/α,β-unsaturated/α-hetero) is 1. The van der Waals surface area contributed by atoms with Crippen LogP contribution in [-0.2, 0) is 4.79 Å². The van der Waals surface area contributed by atoms with Crippen molar-refractivity contribution >= 4 is 5.78 Å². The first-order valence-electron chi connectivity index (χ1n) is 2.47. The van der Waals surface area contributed by atoms with Gasteiger partial charge in [-0.25, -0.2) is 0 Å². The average Bonchev–Trinajstić information content (AvgIpc) is 1.64. The van der Waals surface area contributed by atoms with E-state index < -0.39 is 0 Å². The third kappa shape index (κ3) is 1.96. The van der Waals surface area contributed by atoms with Gasteiger partial charge in [0.05, 0.1) is 0 Å². The number of allylic oxidation sites excluding steroid dienone is 2. The molecule has 0 aliphatic rings. The minimum absolute atomic E-state index is 0.0509. The Morgan fingerprint density at radius 2 is 2.00 bits per heavy atom. The fourth-order valence-electron chi connectivity index (χ4n) is 0.445. The second-order valence-corrected chi connectivity index (χ2v) is 1.73. The second kappa shape index (κ2) is 2.88. The number of hydrogen-bond acceptors (Lipinski definition) is 3. The Hall–Kier alpha value is -1.30. The third-order valence-electron chi connectivity index (χ3n) is 0.858. The highest BCUT2D eigenvalue weighted by Crippen LogP contribution is 1.96. The first-order valence-corrected chi connectivity index (χ1v) is 2.47. The van der Waals surface area contributed by atoms with Crippen molar-refractivity contribution < 1.29 is 4.79 Å². The van der Waals surface area contributed by atoms with Crippen LogP contribution in [0.5, 0.6) is 0 Å². The van der Waals surface area contributed by atoms with E-state index in [4.69, 9.17) is 11.0 Å². The molecule has 0 heterocycles. The normalized spacial score (nSPS) is 11.7. The van der Waals surface area contributed by atoms with Crippen LogP contribution in [0, 0.1) is 11.3 Å². The van der Waals surface area contributed by atoms with Crippen LogP contribution in [0.15, 0.2) is 11.3 Å². The third-order valence-corrected chi connectivity index (χ3v) is 0.858. The summed E-state index contributed by atoms with van der Waals surface area (Å²) in [4.78, 5) is 10.5. The first kappa shape index (κ1) is 7.70. The molecule has 0 unspecified atom stereocenters. The number of nitrogens with two attached hydrogens (primary N) is 1. The van der Waals surface area contributed by atoms with E-state index in [0.29, 0.717) is 0 Å². The van der Waals surface area contributed by atoms with Gasteiger partial charge in [-0.2, -0.15) is 5.26 Å². The van der Waals surface area contributed by atoms with Crippen LogP contribution in [-0.4, -0.2) is 5.78 Å². The zero-order valence-corrected chi connectivity index (χ0v) is 5.43. The Labute approximate surface area is 53.8 Å². The molecule has 0 aliphatic carbocycles. The lowest BCUT2D eigenvalue weighted by Gasteiger charge is -1.91. The van der Waals surface area contributed by atoms with Gasteiger partial charge in [0.2, 0.25) is 0 Å². The lowest BCUT2D eigenvalue weighted by atomic mass is 10.2. The summed E-state index contributed by atoms with van der Waals surface area (Å²) in [5.41, 5.74) is 5.52. The van der Waals surface area contributed by atoms with Gasteiger partial charge in [-0.3, -0.25) is 4.79 Å². The van der Waals surface area contributed by atoms with E-state index in [1.54, 1.807) is 6.07 Å². The molecular weight excluding hydrogens is 116 g/mol. The van der Waals surface area contributed by atoms with E-state index in [1.807, 2.05) is 0 Å².